The summed E-state index contributed by atoms with van der Waals surface area (Å²) >= 11 is 0. The first-order chi connectivity index (χ1) is 10.7. The highest BCUT2D eigenvalue weighted by atomic mass is 32.2. The Kier molecular flexibility index (Phi) is 4.32. The van der Waals surface area contributed by atoms with Gasteiger partial charge in [0, 0.05) is 24.7 Å². The fourth-order valence-corrected chi connectivity index (χ4v) is 3.37. The van der Waals surface area contributed by atoms with Crippen molar-refractivity contribution in [1.29, 1.82) is 0 Å². The second-order valence-corrected chi connectivity index (χ2v) is 6.42. The fourth-order valence-electron chi connectivity index (χ4n) is 1.94. The second kappa shape index (κ2) is 6.05. The van der Waals surface area contributed by atoms with Gasteiger partial charge in [0.1, 0.15) is 0 Å². The van der Waals surface area contributed by atoms with Crippen LogP contribution in [-0.2, 0) is 14.8 Å². The molecule has 0 bridgehead atoms. The third-order valence-corrected chi connectivity index (χ3v) is 4.82. The monoisotopic (exact) mass is 335 g/mol. The van der Waals surface area contributed by atoms with Crippen LogP contribution in [-0.4, -0.2) is 19.2 Å². The van der Waals surface area contributed by atoms with Gasteiger partial charge in [0.2, 0.25) is 5.91 Å². The van der Waals surface area contributed by atoms with Crippen molar-refractivity contribution in [3.63, 3.8) is 0 Å². The number of hydrogen-bond acceptors (Lipinski definition) is 6. The maximum Gasteiger partial charge on any atom is 0.270 e. The number of nitrogens with zero attached hydrogens (tertiary/aromatic N) is 2. The van der Waals surface area contributed by atoms with Crippen LogP contribution in [0.4, 0.5) is 17.1 Å². The van der Waals surface area contributed by atoms with Gasteiger partial charge in [0.05, 0.1) is 15.5 Å². The molecule has 0 heterocycles. The molecule has 2 rings (SSSR count). The van der Waals surface area contributed by atoms with Crippen molar-refractivity contribution in [2.75, 3.05) is 10.0 Å². The molecule has 2 aromatic carbocycles. The summed E-state index contributed by atoms with van der Waals surface area (Å²) in [6.07, 6.45) is 0. The smallest absolute Gasteiger partial charge is 0.270 e. The van der Waals surface area contributed by atoms with E-state index in [1.807, 2.05) is 0 Å². The number of hydrogen-bond donors (Lipinski definition) is 1. The molecule has 0 unspecified atom stereocenters. The third-order valence-electron chi connectivity index (χ3n) is 3.00. The Labute approximate surface area is 132 Å². The first-order valence-corrected chi connectivity index (χ1v) is 7.83. The van der Waals surface area contributed by atoms with Crippen molar-refractivity contribution in [1.82, 2.24) is 0 Å². The van der Waals surface area contributed by atoms with Crippen LogP contribution < -0.4 is 10.0 Å². The van der Waals surface area contributed by atoms with Crippen LogP contribution in [0.15, 0.2) is 53.4 Å². The Bertz CT molecular complexity index is 845. The number of sulfonamides is 1. The lowest BCUT2D eigenvalue weighted by atomic mass is 10.3. The molecule has 0 saturated carbocycles. The van der Waals surface area contributed by atoms with Gasteiger partial charge in [0.25, 0.3) is 15.7 Å². The van der Waals surface area contributed by atoms with Gasteiger partial charge in [-0.1, -0.05) is 0 Å². The highest BCUT2D eigenvalue weighted by Gasteiger charge is 2.28. The standard InChI is InChI=1S/C14H13N3O5S/c1-10(18)16(12-4-6-13(7-5-12)17(19)20)23(21,22)14-8-2-11(15)3-9-14/h2-9H,15H2,1H3. The molecule has 23 heavy (non-hydrogen) atoms. The molecule has 0 fully saturated rings. The number of nitrogens with two attached hydrogens (primary N) is 1. The Morgan fingerprint density at radius 3 is 2.04 bits per heavy atom. The molecule has 0 aliphatic carbocycles. The van der Waals surface area contributed by atoms with E-state index in [0.717, 1.165) is 19.1 Å². The molecule has 0 aliphatic rings. The summed E-state index contributed by atoms with van der Waals surface area (Å²) < 4.78 is 25.9. The van der Waals surface area contributed by atoms with E-state index in [-0.39, 0.29) is 16.3 Å². The van der Waals surface area contributed by atoms with E-state index in [2.05, 4.69) is 0 Å². The van der Waals surface area contributed by atoms with Crippen LogP contribution in [0.5, 0.6) is 0 Å². The molecule has 0 saturated heterocycles. The lowest BCUT2D eigenvalue weighted by Crippen LogP contribution is -2.35. The molecule has 2 aromatic rings. The van der Waals surface area contributed by atoms with E-state index >= 15 is 0 Å². The predicted octanol–water partition coefficient (Wildman–Crippen LogP) is 1.92. The normalized spacial score (nSPS) is 11.0. The summed E-state index contributed by atoms with van der Waals surface area (Å²) in [5, 5.41) is 10.7. The van der Waals surface area contributed by atoms with Gasteiger partial charge in [-0.2, -0.15) is 0 Å². The number of amides is 1. The van der Waals surface area contributed by atoms with Gasteiger partial charge in [-0.05, 0) is 36.4 Å². The molecule has 120 valence electrons. The molecule has 9 heteroatoms. The van der Waals surface area contributed by atoms with Crippen molar-refractivity contribution in [2.45, 2.75) is 11.8 Å². The molecule has 2 N–H and O–H groups in total. The molecule has 1 amide bonds. The van der Waals surface area contributed by atoms with Crippen LogP contribution >= 0.6 is 0 Å². The lowest BCUT2D eigenvalue weighted by molar-refractivity contribution is -0.384. The van der Waals surface area contributed by atoms with Gasteiger partial charge < -0.3 is 5.73 Å². The van der Waals surface area contributed by atoms with Crippen molar-refractivity contribution in [3.8, 4) is 0 Å². The lowest BCUT2D eigenvalue weighted by Gasteiger charge is -2.21. The molecule has 8 nitrogen and oxygen atoms in total. The fraction of sp³-hybridized carbons (Fsp3) is 0.0714. The number of rotatable bonds is 4. The van der Waals surface area contributed by atoms with Crippen molar-refractivity contribution in [3.05, 3.63) is 58.6 Å². The first kappa shape index (κ1) is 16.4. The minimum Gasteiger partial charge on any atom is -0.399 e. The number of carbonyl (C=O) groups excluding carboxylic acids is 1. The summed E-state index contributed by atoms with van der Waals surface area (Å²) in [5.74, 6) is -0.740. The molecule has 0 aliphatic heterocycles. The Balaban J connectivity index is 2.51. The Hall–Kier alpha value is -2.94. The van der Waals surface area contributed by atoms with Gasteiger partial charge in [-0.25, -0.2) is 12.7 Å². The molecule has 0 spiro atoms. The SMILES string of the molecule is CC(=O)N(c1ccc([N+](=O)[O-])cc1)S(=O)(=O)c1ccc(N)cc1. The van der Waals surface area contributed by atoms with Crippen molar-refractivity contribution in [2.24, 2.45) is 0 Å². The molecule has 0 radical (unpaired) electrons. The van der Waals surface area contributed by atoms with Crippen molar-refractivity contribution < 1.29 is 18.1 Å². The van der Waals surface area contributed by atoms with Gasteiger partial charge in [-0.15, -0.1) is 0 Å². The number of non-ortho nitro benzene ring substituents is 1. The number of nitro benzene ring substituents is 1. The van der Waals surface area contributed by atoms with Gasteiger partial charge >= 0.3 is 0 Å². The van der Waals surface area contributed by atoms with E-state index in [1.54, 1.807) is 0 Å². The summed E-state index contributed by atoms with van der Waals surface area (Å²) in [5.41, 5.74) is 5.71. The summed E-state index contributed by atoms with van der Waals surface area (Å²) in [6, 6.07) is 10.0. The number of nitro groups is 1. The topological polar surface area (TPSA) is 124 Å². The summed E-state index contributed by atoms with van der Waals surface area (Å²) in [4.78, 5) is 21.8. The van der Waals surface area contributed by atoms with Gasteiger partial charge in [-0.3, -0.25) is 14.9 Å². The minimum atomic E-state index is -4.14. The highest BCUT2D eigenvalue weighted by Crippen LogP contribution is 2.26. The third kappa shape index (κ3) is 3.29. The van der Waals surface area contributed by atoms with Crippen LogP contribution in [0.2, 0.25) is 0 Å². The second-order valence-electron chi connectivity index (χ2n) is 4.63. The number of benzene rings is 2. The zero-order valence-electron chi connectivity index (χ0n) is 12.0. The first-order valence-electron chi connectivity index (χ1n) is 6.39. The maximum atomic E-state index is 12.6. The molecule has 0 atom stereocenters. The number of carbonyl (C=O) groups is 1. The minimum absolute atomic E-state index is 0.0138. The summed E-state index contributed by atoms with van der Waals surface area (Å²) in [6.45, 7) is 1.09. The van der Waals surface area contributed by atoms with Gasteiger partial charge in [0.15, 0.2) is 0 Å². The van der Waals surface area contributed by atoms with E-state index in [4.69, 9.17) is 5.73 Å². The number of anilines is 2. The quantitative estimate of drug-likeness (QED) is 0.517. The Morgan fingerprint density at radius 2 is 1.61 bits per heavy atom. The summed E-state index contributed by atoms with van der Waals surface area (Å²) in [7, 11) is -4.14. The van der Waals surface area contributed by atoms with E-state index in [0.29, 0.717) is 9.99 Å². The highest BCUT2D eigenvalue weighted by molar-refractivity contribution is 7.93. The maximum absolute atomic E-state index is 12.6. The zero-order chi connectivity index (χ0) is 17.2. The average molecular weight is 335 g/mol. The average Bonchev–Trinajstić information content (AvgIpc) is 2.47. The molecular weight excluding hydrogens is 322 g/mol. The predicted molar refractivity (Wildman–Crippen MR) is 84.3 cm³/mol. The van der Waals surface area contributed by atoms with E-state index in [9.17, 15) is 23.3 Å². The van der Waals surface area contributed by atoms with Crippen LogP contribution in [0.3, 0.4) is 0 Å². The van der Waals surface area contributed by atoms with E-state index < -0.39 is 20.9 Å². The molecule has 0 aromatic heterocycles. The zero-order valence-corrected chi connectivity index (χ0v) is 12.9. The van der Waals surface area contributed by atoms with Crippen LogP contribution in [0.1, 0.15) is 6.92 Å². The largest absolute Gasteiger partial charge is 0.399 e. The van der Waals surface area contributed by atoms with Crippen LogP contribution in [0, 0.1) is 10.1 Å². The number of nitrogen functional groups attached to an aromatic ring is 1. The van der Waals surface area contributed by atoms with E-state index in [1.165, 1.54) is 36.4 Å². The van der Waals surface area contributed by atoms with Crippen molar-refractivity contribution >= 4 is 33.0 Å². The Morgan fingerprint density at radius 1 is 1.09 bits per heavy atom. The molecular formula is C14H13N3O5S. The van der Waals surface area contributed by atoms with Crippen LogP contribution in [0.25, 0.3) is 0 Å².